The Kier molecular flexibility index (Phi) is 6.17. The van der Waals surface area contributed by atoms with Crippen molar-refractivity contribution in [2.75, 3.05) is 49.2 Å². The zero-order valence-corrected chi connectivity index (χ0v) is 16.4. The molecule has 2 saturated heterocycles. The SMILES string of the molecule is N#Cc1ccc(N2CCC[C@@H](NCc3cnc(N4CCOCC4)nc3)C2)c(F)c1. The van der Waals surface area contributed by atoms with Gasteiger partial charge in [0.25, 0.3) is 0 Å². The van der Waals surface area contributed by atoms with Crippen molar-refractivity contribution in [1.82, 2.24) is 15.3 Å². The van der Waals surface area contributed by atoms with Gasteiger partial charge in [0.2, 0.25) is 5.95 Å². The number of benzene rings is 1. The molecule has 2 fully saturated rings. The van der Waals surface area contributed by atoms with Gasteiger partial charge in [-0.1, -0.05) is 0 Å². The fraction of sp³-hybridized carbons (Fsp3) is 0.476. The van der Waals surface area contributed by atoms with Gasteiger partial charge in [-0.05, 0) is 31.0 Å². The minimum Gasteiger partial charge on any atom is -0.378 e. The summed E-state index contributed by atoms with van der Waals surface area (Å²) in [7, 11) is 0. The lowest BCUT2D eigenvalue weighted by molar-refractivity contribution is 0.122. The summed E-state index contributed by atoms with van der Waals surface area (Å²) in [6.45, 7) is 5.30. The normalized spacial score (nSPS) is 19.8. The molecule has 3 heterocycles. The van der Waals surface area contributed by atoms with E-state index in [4.69, 9.17) is 10.00 Å². The van der Waals surface area contributed by atoms with Crippen molar-refractivity contribution in [3.63, 3.8) is 0 Å². The number of aromatic nitrogens is 2. The summed E-state index contributed by atoms with van der Waals surface area (Å²) in [5.41, 5.74) is 1.94. The fourth-order valence-corrected chi connectivity index (χ4v) is 3.82. The average Bonchev–Trinajstić information content (AvgIpc) is 2.79. The van der Waals surface area contributed by atoms with Crippen LogP contribution in [0, 0.1) is 17.1 Å². The molecule has 2 aliphatic rings. The van der Waals surface area contributed by atoms with Gasteiger partial charge in [0, 0.05) is 56.7 Å². The lowest BCUT2D eigenvalue weighted by Crippen LogP contribution is -2.45. The van der Waals surface area contributed by atoms with Crippen LogP contribution in [0.5, 0.6) is 0 Å². The Bertz CT molecular complexity index is 862. The van der Waals surface area contributed by atoms with Gasteiger partial charge in [-0.15, -0.1) is 0 Å². The highest BCUT2D eigenvalue weighted by molar-refractivity contribution is 5.51. The summed E-state index contributed by atoms with van der Waals surface area (Å²) in [5.74, 6) is 0.411. The largest absolute Gasteiger partial charge is 0.378 e. The standard InChI is InChI=1S/C21H25FN6O/c22-19-10-16(11-23)3-4-20(19)28-5-1-2-18(15-28)24-12-17-13-25-21(26-14-17)27-6-8-29-9-7-27/h3-4,10,13-14,18,24H,1-2,5-9,12,15H2/t18-/m1/s1. The van der Waals surface area contributed by atoms with Crippen LogP contribution in [0.25, 0.3) is 0 Å². The summed E-state index contributed by atoms with van der Waals surface area (Å²) in [6, 6.07) is 6.92. The smallest absolute Gasteiger partial charge is 0.225 e. The van der Waals surface area contributed by atoms with E-state index >= 15 is 0 Å². The predicted molar refractivity (Wildman–Crippen MR) is 108 cm³/mol. The van der Waals surface area contributed by atoms with E-state index in [1.807, 2.05) is 18.5 Å². The molecule has 0 unspecified atom stereocenters. The van der Waals surface area contributed by atoms with Crippen LogP contribution in [0.3, 0.4) is 0 Å². The summed E-state index contributed by atoms with van der Waals surface area (Å²) in [6.07, 6.45) is 5.77. The molecule has 0 spiro atoms. The third-order valence-corrected chi connectivity index (χ3v) is 5.42. The first kappa shape index (κ1) is 19.6. The van der Waals surface area contributed by atoms with Crippen LogP contribution in [-0.2, 0) is 11.3 Å². The van der Waals surface area contributed by atoms with E-state index < -0.39 is 0 Å². The molecule has 0 saturated carbocycles. The van der Waals surface area contributed by atoms with Gasteiger partial charge in [-0.2, -0.15) is 5.26 Å². The Morgan fingerprint density at radius 3 is 2.69 bits per heavy atom. The molecule has 0 amide bonds. The number of nitrogens with one attached hydrogen (secondary N) is 1. The Morgan fingerprint density at radius 2 is 1.97 bits per heavy atom. The molecule has 0 aliphatic carbocycles. The lowest BCUT2D eigenvalue weighted by atomic mass is 10.0. The number of halogens is 1. The maximum atomic E-state index is 14.3. The van der Waals surface area contributed by atoms with E-state index in [1.165, 1.54) is 6.07 Å². The van der Waals surface area contributed by atoms with E-state index in [9.17, 15) is 4.39 Å². The molecule has 4 rings (SSSR count). The maximum Gasteiger partial charge on any atom is 0.225 e. The Balaban J connectivity index is 1.32. The minimum atomic E-state index is -0.336. The molecule has 0 radical (unpaired) electrons. The van der Waals surface area contributed by atoms with Gasteiger partial charge in [0.1, 0.15) is 5.82 Å². The van der Waals surface area contributed by atoms with E-state index in [0.29, 0.717) is 31.0 Å². The van der Waals surface area contributed by atoms with Crippen LogP contribution in [-0.4, -0.2) is 55.4 Å². The molecule has 29 heavy (non-hydrogen) atoms. The Hall–Kier alpha value is -2.76. The highest BCUT2D eigenvalue weighted by Gasteiger charge is 2.22. The third kappa shape index (κ3) is 4.81. The zero-order chi connectivity index (χ0) is 20.1. The molecule has 1 aromatic heterocycles. The topological polar surface area (TPSA) is 77.3 Å². The van der Waals surface area contributed by atoms with Gasteiger partial charge in [-0.3, -0.25) is 0 Å². The third-order valence-electron chi connectivity index (χ3n) is 5.42. The van der Waals surface area contributed by atoms with Crippen molar-refractivity contribution >= 4 is 11.6 Å². The van der Waals surface area contributed by atoms with Crippen molar-refractivity contribution in [3.8, 4) is 6.07 Å². The predicted octanol–water partition coefficient (Wildman–Crippen LogP) is 2.08. The summed E-state index contributed by atoms with van der Waals surface area (Å²) < 4.78 is 19.7. The molecule has 1 aromatic carbocycles. The number of hydrogen-bond acceptors (Lipinski definition) is 7. The molecule has 2 aliphatic heterocycles. The van der Waals surface area contributed by atoms with Gasteiger partial charge in [0.05, 0.1) is 30.5 Å². The van der Waals surface area contributed by atoms with Gasteiger partial charge in [-0.25, -0.2) is 14.4 Å². The summed E-state index contributed by atoms with van der Waals surface area (Å²) >= 11 is 0. The second-order valence-electron chi connectivity index (χ2n) is 7.43. The number of morpholine rings is 1. The van der Waals surface area contributed by atoms with Crippen LogP contribution in [0.15, 0.2) is 30.6 Å². The molecule has 7 nitrogen and oxygen atoms in total. The number of nitrogens with zero attached hydrogens (tertiary/aromatic N) is 5. The highest BCUT2D eigenvalue weighted by atomic mass is 19.1. The van der Waals surface area contributed by atoms with Crippen molar-refractivity contribution in [2.45, 2.75) is 25.4 Å². The number of piperidine rings is 1. The second kappa shape index (κ2) is 9.16. The number of rotatable bonds is 5. The molecule has 152 valence electrons. The Labute approximate surface area is 170 Å². The van der Waals surface area contributed by atoms with Crippen molar-refractivity contribution in [3.05, 3.63) is 47.5 Å². The first-order valence-corrected chi connectivity index (χ1v) is 10.0. The van der Waals surface area contributed by atoms with Gasteiger partial charge < -0.3 is 19.9 Å². The van der Waals surface area contributed by atoms with E-state index in [1.54, 1.807) is 12.1 Å². The van der Waals surface area contributed by atoms with Gasteiger partial charge in [0.15, 0.2) is 0 Å². The second-order valence-corrected chi connectivity index (χ2v) is 7.43. The van der Waals surface area contributed by atoms with Crippen LogP contribution >= 0.6 is 0 Å². The maximum absolute atomic E-state index is 14.3. The first-order valence-electron chi connectivity index (χ1n) is 10.0. The molecule has 2 aromatic rings. The number of nitriles is 1. The minimum absolute atomic E-state index is 0.262. The fourth-order valence-electron chi connectivity index (χ4n) is 3.82. The lowest BCUT2D eigenvalue weighted by Gasteiger charge is -2.35. The Morgan fingerprint density at radius 1 is 1.17 bits per heavy atom. The van der Waals surface area contributed by atoms with Crippen LogP contribution in [0.1, 0.15) is 24.0 Å². The van der Waals surface area contributed by atoms with E-state index in [2.05, 4.69) is 25.1 Å². The average molecular weight is 396 g/mol. The molecular formula is C21H25FN6O. The monoisotopic (exact) mass is 396 g/mol. The van der Waals surface area contributed by atoms with Gasteiger partial charge >= 0.3 is 0 Å². The van der Waals surface area contributed by atoms with E-state index in [0.717, 1.165) is 50.5 Å². The molecule has 0 bridgehead atoms. The number of anilines is 2. The van der Waals surface area contributed by atoms with Crippen LogP contribution in [0.4, 0.5) is 16.0 Å². The first-order chi connectivity index (χ1) is 14.2. The van der Waals surface area contributed by atoms with Crippen molar-refractivity contribution in [2.24, 2.45) is 0 Å². The molecule has 8 heteroatoms. The molecule has 1 atom stereocenters. The quantitative estimate of drug-likeness (QED) is 0.829. The number of hydrogen-bond donors (Lipinski definition) is 1. The number of ether oxygens (including phenoxy) is 1. The molecule has 1 N–H and O–H groups in total. The van der Waals surface area contributed by atoms with E-state index in [-0.39, 0.29) is 11.9 Å². The zero-order valence-electron chi connectivity index (χ0n) is 16.4. The van der Waals surface area contributed by atoms with Crippen LogP contribution in [0.2, 0.25) is 0 Å². The highest BCUT2D eigenvalue weighted by Crippen LogP contribution is 2.24. The van der Waals surface area contributed by atoms with Crippen LogP contribution < -0.4 is 15.1 Å². The summed E-state index contributed by atoms with van der Waals surface area (Å²) in [4.78, 5) is 13.2. The molecular weight excluding hydrogens is 371 g/mol. The van der Waals surface area contributed by atoms with Crippen molar-refractivity contribution in [1.29, 1.82) is 5.26 Å². The summed E-state index contributed by atoms with van der Waals surface area (Å²) in [5, 5.41) is 12.5. The van der Waals surface area contributed by atoms with Crippen molar-refractivity contribution < 1.29 is 9.13 Å².